The highest BCUT2D eigenvalue weighted by Crippen LogP contribution is 2.33. The van der Waals surface area contributed by atoms with E-state index in [9.17, 15) is 24.0 Å². The molecule has 2 N–H and O–H groups in total. The fourth-order valence-electron chi connectivity index (χ4n) is 6.89. The Morgan fingerprint density at radius 1 is 0.925 bits per heavy atom. The van der Waals surface area contributed by atoms with Gasteiger partial charge in [-0.15, -0.1) is 0 Å². The number of hydrogen-bond donors (Lipinski definition) is 2. The van der Waals surface area contributed by atoms with Gasteiger partial charge in [0.15, 0.2) is 0 Å². The molecule has 5 rings (SSSR count). The third-order valence-corrected chi connectivity index (χ3v) is 9.72. The number of amides is 4. The number of amidine groups is 1. The second-order valence-corrected chi connectivity index (χ2v) is 13.7. The Balaban J connectivity index is 1.35. The number of nitrogens with one attached hydrogen (secondary N) is 2. The molecule has 4 amide bonds. The molecule has 0 spiro atoms. The molecule has 2 aliphatic heterocycles. The van der Waals surface area contributed by atoms with Crippen LogP contribution in [0.5, 0.6) is 0 Å². The zero-order chi connectivity index (χ0) is 37.7. The maximum Gasteiger partial charge on any atom is 0.413 e. The van der Waals surface area contributed by atoms with E-state index in [0.29, 0.717) is 55.6 Å². The van der Waals surface area contributed by atoms with Crippen LogP contribution < -0.4 is 10.6 Å². The molecule has 3 aliphatic rings. The van der Waals surface area contributed by atoms with Crippen molar-refractivity contribution in [1.29, 1.82) is 0 Å². The molecule has 0 aromatic heterocycles. The van der Waals surface area contributed by atoms with Gasteiger partial charge in [0, 0.05) is 55.2 Å². The maximum atomic E-state index is 13.9. The molecule has 2 heterocycles. The molecule has 2 atom stereocenters. The third kappa shape index (κ3) is 10.6. The normalized spacial score (nSPS) is 18.9. The highest BCUT2D eigenvalue weighted by atomic mass is 16.6. The Kier molecular flexibility index (Phi) is 14.0. The number of nitrogens with zero attached hydrogens (tertiary/aromatic N) is 3. The van der Waals surface area contributed by atoms with Crippen LogP contribution in [0.2, 0.25) is 0 Å². The van der Waals surface area contributed by atoms with Gasteiger partial charge in [-0.25, -0.2) is 9.79 Å². The second kappa shape index (κ2) is 19.0. The van der Waals surface area contributed by atoms with Crippen molar-refractivity contribution < 1.29 is 33.4 Å². The van der Waals surface area contributed by atoms with Crippen LogP contribution in [0, 0.1) is 5.92 Å². The average molecular weight is 726 g/mol. The first-order valence-corrected chi connectivity index (χ1v) is 18.8. The molecule has 0 bridgehead atoms. The van der Waals surface area contributed by atoms with Gasteiger partial charge in [0.05, 0.1) is 12.8 Å². The first kappa shape index (κ1) is 39.0. The van der Waals surface area contributed by atoms with Crippen LogP contribution in [-0.2, 0) is 23.9 Å². The van der Waals surface area contributed by atoms with Crippen molar-refractivity contribution >= 4 is 47.4 Å². The quantitative estimate of drug-likeness (QED) is 0.208. The molecule has 2 aromatic rings. The third-order valence-electron chi connectivity index (χ3n) is 9.72. The Morgan fingerprint density at radius 2 is 1.64 bits per heavy atom. The van der Waals surface area contributed by atoms with E-state index in [1.807, 2.05) is 84.3 Å². The van der Waals surface area contributed by atoms with Crippen LogP contribution in [0.4, 0.5) is 10.5 Å². The van der Waals surface area contributed by atoms with Crippen LogP contribution in [0.25, 0.3) is 17.2 Å². The van der Waals surface area contributed by atoms with Crippen molar-refractivity contribution in [3.63, 3.8) is 0 Å². The van der Waals surface area contributed by atoms with E-state index in [2.05, 4.69) is 15.4 Å². The molecule has 0 saturated carbocycles. The fourth-order valence-corrected chi connectivity index (χ4v) is 6.89. The Bertz CT molecular complexity index is 1740. The standard InChI is InChI=1S/C41H51N5O7/c1-4-20-45(21-5-2)40(50)33-24-32-17-16-31(28-12-14-30(15-13-28)39(49)46-22-8-9-23-46)25-35(32)43-36(26-33)44-41(51)53-34-11-7-6-10-29(18-19-34)38(48)42-27-37(47)52-3/h7,11-17,24-25,29,34H,4-6,8-10,18-23,26-27H2,1-3H3,(H,42,48)(H,43,44,51)/b11-7+. The monoisotopic (exact) mass is 725 g/mol. The summed E-state index contributed by atoms with van der Waals surface area (Å²) in [5, 5.41) is 5.44. The predicted molar refractivity (Wildman–Crippen MR) is 203 cm³/mol. The summed E-state index contributed by atoms with van der Waals surface area (Å²) < 4.78 is 10.4. The van der Waals surface area contributed by atoms with Gasteiger partial charge in [0.1, 0.15) is 18.5 Å². The molecule has 1 aliphatic carbocycles. The molecule has 12 heteroatoms. The first-order valence-electron chi connectivity index (χ1n) is 18.8. The number of carbonyl (C=O) groups excluding carboxylic acids is 5. The zero-order valence-electron chi connectivity index (χ0n) is 31.0. The lowest BCUT2D eigenvalue weighted by Crippen LogP contribution is -2.38. The van der Waals surface area contributed by atoms with Crippen LogP contribution in [0.15, 0.2) is 65.2 Å². The largest absolute Gasteiger partial charge is 0.468 e. The number of allylic oxidation sites excluding steroid dienone is 1. The van der Waals surface area contributed by atoms with Gasteiger partial charge < -0.3 is 24.6 Å². The summed E-state index contributed by atoms with van der Waals surface area (Å²) in [5.41, 5.74) is 4.28. The van der Waals surface area contributed by atoms with Crippen LogP contribution in [-0.4, -0.2) is 91.4 Å². The zero-order valence-corrected chi connectivity index (χ0v) is 31.0. The minimum Gasteiger partial charge on any atom is -0.468 e. The number of ether oxygens (including phenoxy) is 2. The second-order valence-electron chi connectivity index (χ2n) is 13.7. The van der Waals surface area contributed by atoms with Crippen molar-refractivity contribution in [3.05, 3.63) is 71.3 Å². The van der Waals surface area contributed by atoms with Crippen LogP contribution in [0.1, 0.15) is 87.6 Å². The summed E-state index contributed by atoms with van der Waals surface area (Å²) in [4.78, 5) is 73.0. The number of fused-ring (bicyclic) bond motifs is 1. The Morgan fingerprint density at radius 3 is 2.34 bits per heavy atom. The summed E-state index contributed by atoms with van der Waals surface area (Å²) >= 11 is 0. The molecule has 2 unspecified atom stereocenters. The van der Waals surface area contributed by atoms with Crippen molar-refractivity contribution in [2.45, 2.75) is 77.7 Å². The van der Waals surface area contributed by atoms with E-state index in [1.165, 1.54) is 7.11 Å². The van der Waals surface area contributed by atoms with E-state index in [4.69, 9.17) is 9.73 Å². The molecule has 12 nitrogen and oxygen atoms in total. The SMILES string of the molecule is CCCN(CCC)C(=O)C1=Cc2ccc(-c3ccc(C(=O)N4CCCC4)cc3)cc2N=C(NC(=O)OC2/C=C/CCC(C(=O)NCC(=O)OC)CC2)C1. The number of hydrogen-bond acceptors (Lipinski definition) is 8. The highest BCUT2D eigenvalue weighted by Gasteiger charge is 2.26. The maximum absolute atomic E-state index is 13.9. The molecular weight excluding hydrogens is 674 g/mol. The number of esters is 1. The van der Waals surface area contributed by atoms with Gasteiger partial charge in [0.25, 0.3) is 5.91 Å². The van der Waals surface area contributed by atoms with E-state index in [0.717, 1.165) is 55.5 Å². The minimum atomic E-state index is -0.714. The van der Waals surface area contributed by atoms with Crippen molar-refractivity contribution in [3.8, 4) is 11.1 Å². The van der Waals surface area contributed by atoms with Gasteiger partial charge in [0.2, 0.25) is 11.8 Å². The molecule has 1 saturated heterocycles. The summed E-state index contributed by atoms with van der Waals surface area (Å²) in [6.45, 7) is 6.68. The van der Waals surface area contributed by atoms with Crippen molar-refractivity contribution in [1.82, 2.24) is 20.4 Å². The number of benzene rings is 2. The molecule has 282 valence electrons. The van der Waals surface area contributed by atoms with Crippen molar-refractivity contribution in [2.75, 3.05) is 39.8 Å². The topological polar surface area (TPSA) is 147 Å². The first-order chi connectivity index (χ1) is 25.7. The summed E-state index contributed by atoms with van der Waals surface area (Å²) in [7, 11) is 1.27. The lowest BCUT2D eigenvalue weighted by atomic mass is 9.92. The van der Waals surface area contributed by atoms with Gasteiger partial charge >= 0.3 is 12.1 Å². The summed E-state index contributed by atoms with van der Waals surface area (Å²) in [5.74, 6) is -0.890. The number of aliphatic imine (C=N–C) groups is 1. The van der Waals surface area contributed by atoms with Crippen LogP contribution >= 0.6 is 0 Å². The molecule has 2 aromatic carbocycles. The highest BCUT2D eigenvalue weighted by molar-refractivity contribution is 6.08. The smallest absolute Gasteiger partial charge is 0.413 e. The van der Waals surface area contributed by atoms with E-state index in [-0.39, 0.29) is 42.4 Å². The van der Waals surface area contributed by atoms with Gasteiger partial charge in [-0.2, -0.15) is 0 Å². The lowest BCUT2D eigenvalue weighted by Gasteiger charge is -2.23. The molecule has 53 heavy (non-hydrogen) atoms. The fraction of sp³-hybridized carbons (Fsp3) is 0.463. The predicted octanol–water partition coefficient (Wildman–Crippen LogP) is 6.19. The molecule has 0 radical (unpaired) electrons. The Labute approximate surface area is 311 Å². The molecular formula is C41H51N5O7. The number of alkyl carbamates (subject to hydrolysis) is 1. The number of rotatable bonds is 11. The van der Waals surface area contributed by atoms with Gasteiger partial charge in [-0.3, -0.25) is 24.5 Å². The summed E-state index contributed by atoms with van der Waals surface area (Å²) in [6, 6.07) is 13.4. The average Bonchev–Trinajstić information content (AvgIpc) is 3.63. The van der Waals surface area contributed by atoms with Gasteiger partial charge in [-0.1, -0.05) is 44.2 Å². The molecule has 1 fully saturated rings. The van der Waals surface area contributed by atoms with E-state index >= 15 is 0 Å². The number of carbonyl (C=O) groups is 5. The lowest BCUT2D eigenvalue weighted by molar-refractivity contribution is -0.141. The summed E-state index contributed by atoms with van der Waals surface area (Å²) in [6.07, 6.45) is 10.2. The number of methoxy groups -OCH3 is 1. The Hall–Kier alpha value is -5.26. The van der Waals surface area contributed by atoms with Crippen molar-refractivity contribution in [2.24, 2.45) is 10.9 Å². The van der Waals surface area contributed by atoms with E-state index < -0.39 is 18.2 Å². The van der Waals surface area contributed by atoms with Gasteiger partial charge in [-0.05, 0) is 92.8 Å². The minimum absolute atomic E-state index is 0.0431. The van der Waals surface area contributed by atoms with E-state index in [1.54, 1.807) is 0 Å². The van der Waals surface area contributed by atoms with Crippen LogP contribution in [0.3, 0.4) is 0 Å². The number of likely N-dealkylation sites (tertiary alicyclic amines) is 1.